The molecule has 0 bridgehead atoms. The van der Waals surface area contributed by atoms with Crippen LogP contribution in [0.3, 0.4) is 0 Å². The van der Waals surface area contributed by atoms with Crippen LogP contribution >= 0.6 is 24.8 Å². The van der Waals surface area contributed by atoms with E-state index in [1.165, 1.54) is 0 Å². The SMILES string of the molecule is Cl.Cl.NC(C(=O)N1CCC(c2nc3ccccc3[nH]2)CC1)C1CCOCC1. The standard InChI is InChI=1S/C19H26N4O2.2ClH/c20-17(13-7-11-25-12-8-13)19(24)23-9-5-14(6-10-23)18-21-15-3-1-2-4-16(15)22-18;;/h1-4,13-14,17H,5-12,20H2,(H,21,22);2*1H. The summed E-state index contributed by atoms with van der Waals surface area (Å²) in [5, 5.41) is 0. The third-order valence-corrected chi connectivity index (χ3v) is 5.66. The average Bonchev–Trinajstić information content (AvgIpc) is 3.12. The van der Waals surface area contributed by atoms with E-state index in [4.69, 9.17) is 15.5 Å². The number of H-pyrrole nitrogens is 1. The first-order chi connectivity index (χ1) is 12.2. The molecule has 2 fully saturated rings. The second kappa shape index (κ2) is 9.73. The molecule has 1 unspecified atom stereocenters. The molecule has 1 aromatic heterocycles. The number of rotatable bonds is 3. The Morgan fingerprint density at radius 3 is 2.48 bits per heavy atom. The van der Waals surface area contributed by atoms with Gasteiger partial charge in [0.05, 0.1) is 17.1 Å². The number of nitrogens with two attached hydrogens (primary N) is 1. The summed E-state index contributed by atoms with van der Waals surface area (Å²) in [5.74, 6) is 1.79. The first-order valence-electron chi connectivity index (χ1n) is 9.29. The molecule has 4 rings (SSSR count). The van der Waals surface area contributed by atoms with Gasteiger partial charge >= 0.3 is 0 Å². The van der Waals surface area contributed by atoms with E-state index in [0.717, 1.165) is 68.8 Å². The Morgan fingerprint density at radius 1 is 1.15 bits per heavy atom. The first-order valence-corrected chi connectivity index (χ1v) is 9.29. The molecule has 27 heavy (non-hydrogen) atoms. The van der Waals surface area contributed by atoms with Gasteiger partial charge in [-0.05, 0) is 43.7 Å². The van der Waals surface area contributed by atoms with Gasteiger partial charge in [-0.2, -0.15) is 0 Å². The van der Waals surface area contributed by atoms with Gasteiger partial charge in [0.15, 0.2) is 0 Å². The molecule has 1 atom stereocenters. The molecule has 150 valence electrons. The zero-order chi connectivity index (χ0) is 17.2. The third kappa shape index (κ3) is 4.74. The number of aromatic nitrogens is 2. The van der Waals surface area contributed by atoms with Crippen molar-refractivity contribution in [1.29, 1.82) is 0 Å². The molecule has 1 aromatic carbocycles. The average molecular weight is 415 g/mol. The summed E-state index contributed by atoms with van der Waals surface area (Å²) in [6.07, 6.45) is 3.66. The van der Waals surface area contributed by atoms with Crippen LogP contribution in [0.2, 0.25) is 0 Å². The van der Waals surface area contributed by atoms with E-state index in [2.05, 4.69) is 11.1 Å². The lowest BCUT2D eigenvalue weighted by Crippen LogP contribution is -2.51. The molecule has 3 N–H and O–H groups in total. The lowest BCUT2D eigenvalue weighted by atomic mass is 9.90. The number of hydrogen-bond donors (Lipinski definition) is 2. The number of amides is 1. The van der Waals surface area contributed by atoms with E-state index in [9.17, 15) is 4.79 Å². The van der Waals surface area contributed by atoms with Crippen LogP contribution in [-0.4, -0.2) is 53.1 Å². The molecule has 0 radical (unpaired) electrons. The molecule has 2 saturated heterocycles. The van der Waals surface area contributed by atoms with E-state index in [1.54, 1.807) is 0 Å². The number of nitrogens with zero attached hydrogens (tertiary/aromatic N) is 2. The van der Waals surface area contributed by atoms with Gasteiger partial charge in [-0.15, -0.1) is 24.8 Å². The minimum atomic E-state index is -0.383. The minimum absolute atomic E-state index is 0. The lowest BCUT2D eigenvalue weighted by Gasteiger charge is -2.35. The van der Waals surface area contributed by atoms with Crippen LogP contribution in [0, 0.1) is 5.92 Å². The van der Waals surface area contributed by atoms with Crippen LogP contribution in [0.15, 0.2) is 24.3 Å². The van der Waals surface area contributed by atoms with Crippen molar-refractivity contribution < 1.29 is 9.53 Å². The van der Waals surface area contributed by atoms with Crippen molar-refractivity contribution in [3.8, 4) is 0 Å². The van der Waals surface area contributed by atoms with E-state index >= 15 is 0 Å². The molecule has 0 saturated carbocycles. The zero-order valence-corrected chi connectivity index (χ0v) is 16.9. The Hall–Kier alpha value is -1.34. The molecule has 2 aliphatic heterocycles. The van der Waals surface area contributed by atoms with Crippen molar-refractivity contribution in [2.45, 2.75) is 37.6 Å². The van der Waals surface area contributed by atoms with Crippen molar-refractivity contribution in [2.24, 2.45) is 11.7 Å². The summed E-state index contributed by atoms with van der Waals surface area (Å²) in [4.78, 5) is 22.8. The van der Waals surface area contributed by atoms with E-state index < -0.39 is 0 Å². The summed E-state index contributed by atoms with van der Waals surface area (Å²) in [5.41, 5.74) is 8.35. The number of benzene rings is 1. The quantitative estimate of drug-likeness (QED) is 0.808. The topological polar surface area (TPSA) is 84.2 Å². The second-order valence-electron chi connectivity index (χ2n) is 7.21. The van der Waals surface area contributed by atoms with Crippen molar-refractivity contribution in [3.05, 3.63) is 30.1 Å². The molecule has 0 spiro atoms. The third-order valence-electron chi connectivity index (χ3n) is 5.66. The maximum absolute atomic E-state index is 12.7. The second-order valence-corrected chi connectivity index (χ2v) is 7.21. The van der Waals surface area contributed by atoms with Gasteiger partial charge in [-0.3, -0.25) is 4.79 Å². The Balaban J connectivity index is 0.00000131. The number of ether oxygens (including phenoxy) is 1. The largest absolute Gasteiger partial charge is 0.381 e. The number of fused-ring (bicyclic) bond motifs is 1. The van der Waals surface area contributed by atoms with Crippen molar-refractivity contribution in [2.75, 3.05) is 26.3 Å². The number of aromatic amines is 1. The van der Waals surface area contributed by atoms with Crippen molar-refractivity contribution in [1.82, 2.24) is 14.9 Å². The van der Waals surface area contributed by atoms with Gasteiger partial charge in [0.1, 0.15) is 5.82 Å². The molecule has 1 amide bonds. The molecular weight excluding hydrogens is 387 g/mol. The highest BCUT2D eigenvalue weighted by molar-refractivity contribution is 5.85. The number of imidazole rings is 1. The molecule has 3 heterocycles. The molecule has 2 aromatic rings. The smallest absolute Gasteiger partial charge is 0.239 e. The summed E-state index contributed by atoms with van der Waals surface area (Å²) >= 11 is 0. The Labute approximate surface area is 172 Å². The van der Waals surface area contributed by atoms with Crippen LogP contribution in [-0.2, 0) is 9.53 Å². The lowest BCUT2D eigenvalue weighted by molar-refractivity contribution is -0.135. The highest BCUT2D eigenvalue weighted by Gasteiger charge is 2.32. The van der Waals surface area contributed by atoms with Crippen LogP contribution in [0.25, 0.3) is 11.0 Å². The number of halogens is 2. The number of carbonyl (C=O) groups is 1. The number of likely N-dealkylation sites (tertiary alicyclic amines) is 1. The molecule has 2 aliphatic rings. The van der Waals surface area contributed by atoms with E-state index in [0.29, 0.717) is 5.92 Å². The predicted octanol–water partition coefficient (Wildman–Crippen LogP) is 2.87. The number of piperidine rings is 1. The Morgan fingerprint density at radius 2 is 1.81 bits per heavy atom. The summed E-state index contributed by atoms with van der Waals surface area (Å²) in [7, 11) is 0. The first kappa shape index (κ1) is 22.0. The molecule has 8 heteroatoms. The Bertz CT molecular complexity index is 707. The summed E-state index contributed by atoms with van der Waals surface area (Å²) in [6.45, 7) is 2.97. The maximum Gasteiger partial charge on any atom is 0.239 e. The maximum atomic E-state index is 12.7. The zero-order valence-electron chi connectivity index (χ0n) is 15.3. The number of nitrogens with one attached hydrogen (secondary N) is 1. The van der Waals surface area contributed by atoms with Crippen LogP contribution in [0.1, 0.15) is 37.4 Å². The molecule has 0 aliphatic carbocycles. The fraction of sp³-hybridized carbons (Fsp3) is 0.579. The van der Waals surface area contributed by atoms with Gasteiger partial charge in [0.25, 0.3) is 0 Å². The number of para-hydroxylation sites is 2. The number of hydrogen-bond acceptors (Lipinski definition) is 4. The van der Waals surface area contributed by atoms with E-state index in [-0.39, 0.29) is 42.7 Å². The summed E-state index contributed by atoms with van der Waals surface area (Å²) < 4.78 is 5.37. The highest BCUT2D eigenvalue weighted by atomic mass is 35.5. The highest BCUT2D eigenvalue weighted by Crippen LogP contribution is 2.28. The van der Waals surface area contributed by atoms with E-state index in [1.807, 2.05) is 23.1 Å². The van der Waals surface area contributed by atoms with Gasteiger partial charge in [0, 0.05) is 32.2 Å². The van der Waals surface area contributed by atoms with Gasteiger partial charge in [-0.1, -0.05) is 12.1 Å². The molecule has 6 nitrogen and oxygen atoms in total. The van der Waals surface area contributed by atoms with Crippen LogP contribution < -0.4 is 5.73 Å². The fourth-order valence-corrected chi connectivity index (χ4v) is 4.03. The monoisotopic (exact) mass is 414 g/mol. The molecular formula is C19H28Cl2N4O2. The number of carbonyl (C=O) groups excluding carboxylic acids is 1. The van der Waals surface area contributed by atoms with Crippen LogP contribution in [0.4, 0.5) is 0 Å². The van der Waals surface area contributed by atoms with Gasteiger partial charge in [-0.25, -0.2) is 4.98 Å². The fourth-order valence-electron chi connectivity index (χ4n) is 4.03. The minimum Gasteiger partial charge on any atom is -0.381 e. The van der Waals surface area contributed by atoms with Crippen molar-refractivity contribution >= 4 is 41.8 Å². The van der Waals surface area contributed by atoms with Crippen LogP contribution in [0.5, 0.6) is 0 Å². The summed E-state index contributed by atoms with van der Waals surface area (Å²) in [6, 6.07) is 7.72. The van der Waals surface area contributed by atoms with Gasteiger partial charge < -0.3 is 20.4 Å². The normalized spacial score (nSPS) is 20.0. The van der Waals surface area contributed by atoms with Crippen molar-refractivity contribution in [3.63, 3.8) is 0 Å². The predicted molar refractivity (Wildman–Crippen MR) is 111 cm³/mol. The van der Waals surface area contributed by atoms with Gasteiger partial charge in [0.2, 0.25) is 5.91 Å². The Kier molecular flexibility index (Phi) is 7.91.